The van der Waals surface area contributed by atoms with Crippen LogP contribution < -0.4 is 10.0 Å². The number of aryl methyl sites for hydroxylation is 1. The number of hydrogen-bond acceptors (Lipinski definition) is 3. The summed E-state index contributed by atoms with van der Waals surface area (Å²) in [5.74, 6) is 0.511. The number of para-hydroxylation sites is 1. The molecule has 5 nitrogen and oxygen atoms in total. The van der Waals surface area contributed by atoms with Gasteiger partial charge in [0.1, 0.15) is 0 Å². The first-order chi connectivity index (χ1) is 17.0. The van der Waals surface area contributed by atoms with E-state index >= 15 is 0 Å². The fourth-order valence-corrected chi connectivity index (χ4v) is 6.96. The van der Waals surface area contributed by atoms with Crippen LogP contribution in [0.3, 0.4) is 0 Å². The lowest BCUT2D eigenvalue weighted by Crippen LogP contribution is -2.30. The third kappa shape index (κ3) is 3.51. The van der Waals surface area contributed by atoms with Crippen LogP contribution in [0.4, 0.5) is 5.69 Å². The third-order valence-electron chi connectivity index (χ3n) is 7.53. The van der Waals surface area contributed by atoms with Crippen LogP contribution >= 0.6 is 0 Å². The number of hydrogen-bond donors (Lipinski definition) is 2. The van der Waals surface area contributed by atoms with Gasteiger partial charge in [0.25, 0.3) is 0 Å². The number of fused-ring (bicyclic) bond motifs is 6. The molecule has 2 heterocycles. The molecule has 0 saturated carbocycles. The summed E-state index contributed by atoms with van der Waals surface area (Å²) in [4.78, 5) is 0.297. The van der Waals surface area contributed by atoms with Crippen molar-refractivity contribution in [2.24, 2.45) is 5.92 Å². The fourth-order valence-electron chi connectivity index (χ4n) is 5.93. The van der Waals surface area contributed by atoms with Crippen molar-refractivity contribution < 1.29 is 8.42 Å². The predicted molar refractivity (Wildman–Crippen MR) is 143 cm³/mol. The van der Waals surface area contributed by atoms with Gasteiger partial charge in [-0.25, -0.2) is 13.1 Å². The first-order valence-corrected chi connectivity index (χ1v) is 13.7. The second-order valence-electron chi connectivity index (χ2n) is 9.40. The molecule has 0 radical (unpaired) electrons. The Labute approximate surface area is 206 Å². The van der Waals surface area contributed by atoms with Crippen molar-refractivity contribution in [3.05, 3.63) is 96.6 Å². The lowest BCUT2D eigenvalue weighted by Gasteiger charge is -2.37. The second kappa shape index (κ2) is 8.40. The number of rotatable bonds is 6. The number of nitrogens with one attached hydrogen (secondary N) is 2. The van der Waals surface area contributed by atoms with Crippen molar-refractivity contribution in [2.45, 2.75) is 36.7 Å². The van der Waals surface area contributed by atoms with Crippen molar-refractivity contribution in [3.63, 3.8) is 0 Å². The van der Waals surface area contributed by atoms with Crippen molar-refractivity contribution >= 4 is 37.5 Å². The number of aromatic nitrogens is 1. The SMILES string of the molecule is C=CCNS(=O)(=O)c1ccc2c(c1)C1C=CCC1C(c1ccc3c(c1)c1ccccc1n3CC)N2. The fraction of sp³-hybridized carbons (Fsp3) is 0.241. The molecule has 4 aromatic rings. The molecule has 0 spiro atoms. The maximum Gasteiger partial charge on any atom is 0.240 e. The molecule has 1 aliphatic heterocycles. The van der Waals surface area contributed by atoms with Gasteiger partial charge < -0.3 is 9.88 Å². The first kappa shape index (κ1) is 22.1. The summed E-state index contributed by atoms with van der Waals surface area (Å²) in [5.41, 5.74) is 5.84. The Hall–Kier alpha value is -3.35. The van der Waals surface area contributed by atoms with Crippen molar-refractivity contribution in [1.29, 1.82) is 0 Å². The number of anilines is 1. The van der Waals surface area contributed by atoms with E-state index in [-0.39, 0.29) is 18.5 Å². The van der Waals surface area contributed by atoms with Crippen LogP contribution in [0.5, 0.6) is 0 Å². The minimum absolute atomic E-state index is 0.150. The Kier molecular flexibility index (Phi) is 5.31. The molecule has 0 saturated heterocycles. The van der Waals surface area contributed by atoms with E-state index in [4.69, 9.17) is 0 Å². The molecule has 35 heavy (non-hydrogen) atoms. The molecule has 3 atom stereocenters. The molecule has 2 N–H and O–H groups in total. The highest BCUT2D eigenvalue weighted by Crippen LogP contribution is 2.50. The van der Waals surface area contributed by atoms with Gasteiger partial charge in [0.2, 0.25) is 10.0 Å². The van der Waals surface area contributed by atoms with E-state index in [9.17, 15) is 8.42 Å². The Morgan fingerprint density at radius 3 is 2.74 bits per heavy atom. The molecule has 1 aromatic heterocycles. The molecule has 0 amide bonds. The molecule has 0 bridgehead atoms. The van der Waals surface area contributed by atoms with Crippen LogP contribution in [-0.4, -0.2) is 19.5 Å². The van der Waals surface area contributed by atoms with Gasteiger partial charge in [0, 0.05) is 46.5 Å². The van der Waals surface area contributed by atoms with E-state index in [1.165, 1.54) is 27.4 Å². The Balaban J connectivity index is 1.42. The molecule has 0 fully saturated rings. The van der Waals surface area contributed by atoms with E-state index < -0.39 is 10.0 Å². The topological polar surface area (TPSA) is 63.1 Å². The van der Waals surface area contributed by atoms with Gasteiger partial charge in [-0.1, -0.05) is 42.5 Å². The predicted octanol–water partition coefficient (Wildman–Crippen LogP) is 6.11. The smallest absolute Gasteiger partial charge is 0.240 e. The highest BCUT2D eigenvalue weighted by atomic mass is 32.2. The maximum atomic E-state index is 12.7. The van der Waals surface area contributed by atoms with E-state index in [0.717, 1.165) is 24.2 Å². The number of sulfonamides is 1. The minimum Gasteiger partial charge on any atom is -0.378 e. The number of nitrogens with zero attached hydrogens (tertiary/aromatic N) is 1. The van der Waals surface area contributed by atoms with Crippen LogP contribution in [0, 0.1) is 5.92 Å². The second-order valence-corrected chi connectivity index (χ2v) is 11.2. The van der Waals surface area contributed by atoms with Gasteiger partial charge in [-0.15, -0.1) is 6.58 Å². The summed E-state index contributed by atoms with van der Waals surface area (Å²) < 4.78 is 30.4. The van der Waals surface area contributed by atoms with E-state index in [1.54, 1.807) is 12.1 Å². The monoisotopic (exact) mass is 483 g/mol. The minimum atomic E-state index is -3.57. The molecule has 3 aromatic carbocycles. The van der Waals surface area contributed by atoms with Crippen LogP contribution in [0.25, 0.3) is 21.8 Å². The molecule has 1 aliphatic carbocycles. The summed E-state index contributed by atoms with van der Waals surface area (Å²) in [7, 11) is -3.57. The average Bonchev–Trinajstić information content (AvgIpc) is 3.49. The van der Waals surface area contributed by atoms with Gasteiger partial charge in [0.15, 0.2) is 0 Å². The Morgan fingerprint density at radius 2 is 1.91 bits per heavy atom. The van der Waals surface area contributed by atoms with Gasteiger partial charge in [-0.3, -0.25) is 0 Å². The van der Waals surface area contributed by atoms with Crippen LogP contribution in [0.1, 0.15) is 36.4 Å². The largest absolute Gasteiger partial charge is 0.378 e. The Morgan fingerprint density at radius 1 is 1.09 bits per heavy atom. The van der Waals surface area contributed by atoms with Crippen LogP contribution in [0.2, 0.25) is 0 Å². The first-order valence-electron chi connectivity index (χ1n) is 12.2. The van der Waals surface area contributed by atoms with Gasteiger partial charge in [-0.2, -0.15) is 0 Å². The zero-order chi connectivity index (χ0) is 24.2. The molecule has 3 unspecified atom stereocenters. The molecular formula is C29H29N3O2S. The van der Waals surface area contributed by atoms with Crippen molar-refractivity contribution in [3.8, 4) is 0 Å². The van der Waals surface area contributed by atoms with Crippen LogP contribution in [0.15, 0.2) is 90.4 Å². The highest BCUT2D eigenvalue weighted by molar-refractivity contribution is 7.89. The zero-order valence-electron chi connectivity index (χ0n) is 19.7. The summed E-state index contributed by atoms with van der Waals surface area (Å²) in [5, 5.41) is 6.33. The van der Waals surface area contributed by atoms with Crippen LogP contribution in [-0.2, 0) is 16.6 Å². The quantitative estimate of drug-likeness (QED) is 0.326. The number of benzene rings is 3. The van der Waals surface area contributed by atoms with Gasteiger partial charge in [-0.05, 0) is 66.8 Å². The zero-order valence-corrected chi connectivity index (χ0v) is 20.6. The lowest BCUT2D eigenvalue weighted by molar-refractivity contribution is 0.425. The van der Waals surface area contributed by atoms with E-state index in [2.05, 4.69) is 82.7 Å². The Bertz CT molecular complexity index is 1600. The average molecular weight is 484 g/mol. The molecule has 2 aliphatic rings. The van der Waals surface area contributed by atoms with E-state index in [0.29, 0.717) is 10.8 Å². The standard InChI is InChI=1S/C29H29N3O2S/c1-3-16-30-35(33,34)20-13-14-26-24(18-20)21-9-7-10-23(21)29(31-26)19-12-15-28-25(17-19)22-8-5-6-11-27(22)32(28)4-2/h3,5-9,11-15,17-18,21,23,29-31H,1,4,10,16H2,2H3. The highest BCUT2D eigenvalue weighted by Gasteiger charge is 2.38. The third-order valence-corrected chi connectivity index (χ3v) is 8.96. The van der Waals surface area contributed by atoms with Crippen molar-refractivity contribution in [2.75, 3.05) is 11.9 Å². The summed E-state index contributed by atoms with van der Waals surface area (Å²) in [6, 6.07) is 21.0. The summed E-state index contributed by atoms with van der Waals surface area (Å²) in [6.45, 7) is 6.93. The van der Waals surface area contributed by atoms with Gasteiger partial charge >= 0.3 is 0 Å². The normalized spacial score (nSPS) is 21.1. The summed E-state index contributed by atoms with van der Waals surface area (Å²) in [6.07, 6.45) is 6.99. The maximum absolute atomic E-state index is 12.7. The lowest BCUT2D eigenvalue weighted by atomic mass is 9.77. The van der Waals surface area contributed by atoms with Gasteiger partial charge in [0.05, 0.1) is 10.9 Å². The molecule has 178 valence electrons. The molecule has 6 heteroatoms. The summed E-state index contributed by atoms with van der Waals surface area (Å²) >= 11 is 0. The molecule has 6 rings (SSSR count). The number of allylic oxidation sites excluding steroid dienone is 2. The van der Waals surface area contributed by atoms with E-state index in [1.807, 2.05) is 12.1 Å². The molecular weight excluding hydrogens is 454 g/mol. The van der Waals surface area contributed by atoms with Crippen molar-refractivity contribution in [1.82, 2.24) is 9.29 Å².